The van der Waals surface area contributed by atoms with E-state index in [1.807, 2.05) is 0 Å². The van der Waals surface area contributed by atoms with Gasteiger partial charge in [-0.3, -0.25) is 4.79 Å². The molecule has 0 saturated heterocycles. The highest BCUT2D eigenvalue weighted by Crippen LogP contribution is 2.33. The van der Waals surface area contributed by atoms with E-state index in [1.165, 1.54) is 25.2 Å². The monoisotopic (exact) mass is 294 g/mol. The number of nitrogens with one attached hydrogen (secondary N) is 1. The van der Waals surface area contributed by atoms with Gasteiger partial charge in [0.1, 0.15) is 11.6 Å². The summed E-state index contributed by atoms with van der Waals surface area (Å²) in [6.07, 6.45) is 0. The summed E-state index contributed by atoms with van der Waals surface area (Å²) in [6.45, 7) is 0. The Morgan fingerprint density at radius 3 is 2.65 bits per heavy atom. The lowest BCUT2D eigenvalue weighted by Crippen LogP contribution is -2.17. The van der Waals surface area contributed by atoms with E-state index < -0.39 is 5.82 Å². The molecule has 0 aliphatic carbocycles. The van der Waals surface area contributed by atoms with Crippen molar-refractivity contribution in [2.75, 3.05) is 12.8 Å². The van der Waals surface area contributed by atoms with Gasteiger partial charge in [0.25, 0.3) is 5.91 Å². The molecular weight excluding hydrogens is 283 g/mol. The largest absolute Gasteiger partial charge is 0.454 e. The van der Waals surface area contributed by atoms with Crippen molar-refractivity contribution in [3.63, 3.8) is 0 Å². The van der Waals surface area contributed by atoms with Crippen LogP contribution in [0.1, 0.15) is 10.4 Å². The van der Waals surface area contributed by atoms with Crippen molar-refractivity contribution < 1.29 is 13.9 Å². The van der Waals surface area contributed by atoms with Crippen LogP contribution in [-0.4, -0.2) is 13.0 Å². The molecule has 2 rings (SSSR count). The molecule has 0 fully saturated rings. The summed E-state index contributed by atoms with van der Waals surface area (Å²) in [5.41, 5.74) is 6.53. The van der Waals surface area contributed by atoms with Crippen LogP contribution in [0.4, 0.5) is 10.1 Å². The van der Waals surface area contributed by atoms with Crippen molar-refractivity contribution >= 4 is 23.2 Å². The Morgan fingerprint density at radius 1 is 1.25 bits per heavy atom. The lowest BCUT2D eigenvalue weighted by atomic mass is 10.2. The molecule has 1 amide bonds. The summed E-state index contributed by atoms with van der Waals surface area (Å²) in [6, 6.07) is 8.37. The van der Waals surface area contributed by atoms with Crippen LogP contribution in [0.25, 0.3) is 0 Å². The molecule has 0 aliphatic rings. The van der Waals surface area contributed by atoms with E-state index in [0.29, 0.717) is 11.3 Å². The first-order valence-corrected chi connectivity index (χ1v) is 6.13. The molecule has 104 valence electrons. The van der Waals surface area contributed by atoms with Gasteiger partial charge in [-0.1, -0.05) is 11.6 Å². The van der Waals surface area contributed by atoms with E-state index in [0.717, 1.165) is 6.07 Å². The summed E-state index contributed by atoms with van der Waals surface area (Å²) in [5, 5.41) is 2.62. The number of nitrogens with two attached hydrogens (primary N) is 1. The third-order valence-electron chi connectivity index (χ3n) is 2.62. The van der Waals surface area contributed by atoms with E-state index in [2.05, 4.69) is 5.32 Å². The Balaban J connectivity index is 2.35. The number of rotatable bonds is 3. The van der Waals surface area contributed by atoms with Gasteiger partial charge in [0.15, 0.2) is 5.75 Å². The fourth-order valence-corrected chi connectivity index (χ4v) is 1.79. The summed E-state index contributed by atoms with van der Waals surface area (Å²) in [4.78, 5) is 11.6. The van der Waals surface area contributed by atoms with Gasteiger partial charge in [-0.25, -0.2) is 4.39 Å². The number of hydrogen-bond acceptors (Lipinski definition) is 3. The second-order valence-corrected chi connectivity index (χ2v) is 4.42. The van der Waals surface area contributed by atoms with Crippen molar-refractivity contribution in [1.82, 2.24) is 5.32 Å². The number of anilines is 1. The zero-order valence-corrected chi connectivity index (χ0v) is 11.4. The van der Waals surface area contributed by atoms with Gasteiger partial charge in [0.05, 0.1) is 10.7 Å². The van der Waals surface area contributed by atoms with Gasteiger partial charge in [-0.05, 0) is 36.4 Å². The molecule has 20 heavy (non-hydrogen) atoms. The average molecular weight is 295 g/mol. The Kier molecular flexibility index (Phi) is 4.10. The first-order chi connectivity index (χ1) is 9.51. The van der Waals surface area contributed by atoms with Crippen LogP contribution < -0.4 is 15.8 Å². The molecule has 0 aliphatic heterocycles. The van der Waals surface area contributed by atoms with Gasteiger partial charge in [-0.2, -0.15) is 0 Å². The van der Waals surface area contributed by atoms with Gasteiger partial charge in [-0.15, -0.1) is 0 Å². The van der Waals surface area contributed by atoms with Crippen LogP contribution in [0, 0.1) is 5.82 Å². The van der Waals surface area contributed by atoms with E-state index >= 15 is 0 Å². The third kappa shape index (κ3) is 3.00. The second kappa shape index (κ2) is 5.79. The highest BCUT2D eigenvalue weighted by molar-refractivity contribution is 6.32. The van der Waals surface area contributed by atoms with Crippen LogP contribution in [0.3, 0.4) is 0 Å². The number of ether oxygens (including phenoxy) is 1. The minimum atomic E-state index is -0.463. The molecule has 0 radical (unpaired) electrons. The molecule has 0 bridgehead atoms. The molecule has 0 heterocycles. The number of benzene rings is 2. The predicted octanol–water partition coefficient (Wildman–Crippen LogP) is 3.21. The fraction of sp³-hybridized carbons (Fsp3) is 0.0714. The minimum absolute atomic E-state index is 0.120. The van der Waals surface area contributed by atoms with Crippen LogP contribution >= 0.6 is 11.6 Å². The van der Waals surface area contributed by atoms with E-state index in [9.17, 15) is 9.18 Å². The van der Waals surface area contributed by atoms with Gasteiger partial charge < -0.3 is 15.8 Å². The highest BCUT2D eigenvalue weighted by atomic mass is 35.5. The first kappa shape index (κ1) is 14.1. The lowest BCUT2D eigenvalue weighted by Gasteiger charge is -2.11. The van der Waals surface area contributed by atoms with Gasteiger partial charge in [0, 0.05) is 12.6 Å². The van der Waals surface area contributed by atoms with Crippen molar-refractivity contribution in [1.29, 1.82) is 0 Å². The minimum Gasteiger partial charge on any atom is -0.454 e. The maximum absolute atomic E-state index is 13.0. The molecule has 0 unspecified atom stereocenters. The average Bonchev–Trinajstić information content (AvgIpc) is 2.43. The number of hydrogen-bond donors (Lipinski definition) is 2. The Hall–Kier alpha value is -2.27. The van der Waals surface area contributed by atoms with Crippen molar-refractivity contribution in [2.24, 2.45) is 0 Å². The predicted molar refractivity (Wildman–Crippen MR) is 75.7 cm³/mol. The molecule has 4 nitrogen and oxygen atoms in total. The summed E-state index contributed by atoms with van der Waals surface area (Å²) < 4.78 is 18.5. The van der Waals surface area contributed by atoms with Crippen LogP contribution in [-0.2, 0) is 0 Å². The van der Waals surface area contributed by atoms with Crippen molar-refractivity contribution in [2.45, 2.75) is 0 Å². The number of halogens is 2. The van der Waals surface area contributed by atoms with E-state index in [-0.39, 0.29) is 22.4 Å². The van der Waals surface area contributed by atoms with Crippen LogP contribution in [0.2, 0.25) is 5.02 Å². The molecule has 0 aromatic heterocycles. The van der Waals surface area contributed by atoms with Gasteiger partial charge in [0.2, 0.25) is 0 Å². The number of carbonyl (C=O) groups excluding carboxylic acids is 1. The Labute approximate surface area is 120 Å². The maximum atomic E-state index is 13.0. The molecule has 0 spiro atoms. The number of carbonyl (C=O) groups is 1. The summed E-state index contributed by atoms with van der Waals surface area (Å²) in [5.74, 6) is -0.192. The SMILES string of the molecule is CNC(=O)c1ccc(N)c(Oc2ccc(F)cc2Cl)c1. The van der Waals surface area contributed by atoms with Crippen molar-refractivity contribution in [3.8, 4) is 11.5 Å². The first-order valence-electron chi connectivity index (χ1n) is 5.76. The topological polar surface area (TPSA) is 64.4 Å². The van der Waals surface area contributed by atoms with E-state index in [4.69, 9.17) is 22.1 Å². The quantitative estimate of drug-likeness (QED) is 0.854. The molecule has 0 atom stereocenters. The van der Waals surface area contributed by atoms with Gasteiger partial charge >= 0.3 is 0 Å². The van der Waals surface area contributed by atoms with E-state index in [1.54, 1.807) is 12.1 Å². The highest BCUT2D eigenvalue weighted by Gasteiger charge is 2.10. The molecule has 0 saturated carbocycles. The standard InChI is InChI=1S/C14H12ClFN2O2/c1-18-14(19)8-2-4-11(17)13(6-8)20-12-5-3-9(16)7-10(12)15/h2-7H,17H2,1H3,(H,18,19). The summed E-state index contributed by atoms with van der Waals surface area (Å²) >= 11 is 5.88. The normalized spacial score (nSPS) is 10.2. The second-order valence-electron chi connectivity index (χ2n) is 4.01. The number of amides is 1. The lowest BCUT2D eigenvalue weighted by molar-refractivity contribution is 0.0963. The fourth-order valence-electron chi connectivity index (χ4n) is 1.58. The molecule has 3 N–H and O–H groups in total. The molecule has 2 aromatic rings. The Morgan fingerprint density at radius 2 is 2.00 bits per heavy atom. The smallest absolute Gasteiger partial charge is 0.251 e. The van der Waals surface area contributed by atoms with Crippen molar-refractivity contribution in [3.05, 3.63) is 52.8 Å². The van der Waals surface area contributed by atoms with Crippen LogP contribution in [0.5, 0.6) is 11.5 Å². The third-order valence-corrected chi connectivity index (χ3v) is 2.91. The molecule has 2 aromatic carbocycles. The number of nitrogen functional groups attached to an aromatic ring is 1. The zero-order chi connectivity index (χ0) is 14.7. The van der Waals surface area contributed by atoms with Crippen LogP contribution in [0.15, 0.2) is 36.4 Å². The molecular formula is C14H12ClFN2O2. The summed E-state index contributed by atoms with van der Waals surface area (Å²) in [7, 11) is 1.52. The zero-order valence-electron chi connectivity index (χ0n) is 10.6. The Bertz CT molecular complexity index is 662. The maximum Gasteiger partial charge on any atom is 0.251 e. The molecule has 6 heteroatoms.